The van der Waals surface area contributed by atoms with Crippen molar-refractivity contribution in [2.75, 3.05) is 26.4 Å². The summed E-state index contributed by atoms with van der Waals surface area (Å²) in [7, 11) is 0. The molecule has 0 spiro atoms. The molecule has 1 rings (SSSR count). The summed E-state index contributed by atoms with van der Waals surface area (Å²) in [4.78, 5) is 0. The third-order valence-corrected chi connectivity index (χ3v) is 3.71. The molecule has 0 aromatic carbocycles. The van der Waals surface area contributed by atoms with Crippen LogP contribution in [0.5, 0.6) is 0 Å². The van der Waals surface area contributed by atoms with E-state index < -0.39 is 5.79 Å². The predicted octanol–water partition coefficient (Wildman–Crippen LogP) is 3.06. The highest BCUT2D eigenvalue weighted by molar-refractivity contribution is 5.00. The van der Waals surface area contributed by atoms with Crippen molar-refractivity contribution in [1.29, 1.82) is 0 Å². The summed E-state index contributed by atoms with van der Waals surface area (Å²) in [5, 5.41) is 9.05. The van der Waals surface area contributed by atoms with Gasteiger partial charge in [-0.2, -0.15) is 0 Å². The van der Waals surface area contributed by atoms with Gasteiger partial charge >= 0.3 is 0 Å². The van der Waals surface area contributed by atoms with E-state index in [-0.39, 0.29) is 24.9 Å². The van der Waals surface area contributed by atoms with Crippen molar-refractivity contribution >= 4 is 0 Å². The second kappa shape index (κ2) is 11.2. The molecule has 0 saturated carbocycles. The molecule has 1 aliphatic rings. The van der Waals surface area contributed by atoms with Crippen molar-refractivity contribution in [3.05, 3.63) is 12.2 Å². The molecule has 3 atom stereocenters. The SMILES string of the molecule is CCCCOC[C@H]1OC(C)(C)O[C@@H](/C=C/CO)[C@H]1OCCCC. The van der Waals surface area contributed by atoms with E-state index in [9.17, 15) is 0 Å². The third-order valence-electron chi connectivity index (χ3n) is 3.71. The van der Waals surface area contributed by atoms with Gasteiger partial charge in [0.2, 0.25) is 0 Å². The highest BCUT2D eigenvalue weighted by atomic mass is 16.7. The molecule has 5 nitrogen and oxygen atoms in total. The fourth-order valence-corrected chi connectivity index (χ4v) is 2.55. The first-order valence-corrected chi connectivity index (χ1v) is 8.86. The molecule has 23 heavy (non-hydrogen) atoms. The molecule has 0 unspecified atom stereocenters. The Morgan fingerprint density at radius 2 is 1.78 bits per heavy atom. The zero-order chi connectivity index (χ0) is 17.1. The number of ether oxygens (including phenoxy) is 4. The molecule has 1 heterocycles. The van der Waals surface area contributed by atoms with Gasteiger partial charge in [-0.1, -0.05) is 38.8 Å². The van der Waals surface area contributed by atoms with Crippen LogP contribution >= 0.6 is 0 Å². The third kappa shape index (κ3) is 7.77. The second-order valence-electron chi connectivity index (χ2n) is 6.37. The molecule has 136 valence electrons. The van der Waals surface area contributed by atoms with Crippen LogP contribution in [-0.2, 0) is 18.9 Å². The fraction of sp³-hybridized carbons (Fsp3) is 0.889. The molecular formula is C18H34O5. The van der Waals surface area contributed by atoms with Crippen LogP contribution in [0.3, 0.4) is 0 Å². The summed E-state index contributed by atoms with van der Waals surface area (Å²) < 4.78 is 23.8. The lowest BCUT2D eigenvalue weighted by Crippen LogP contribution is -2.56. The van der Waals surface area contributed by atoms with Gasteiger partial charge < -0.3 is 24.1 Å². The van der Waals surface area contributed by atoms with Crippen molar-refractivity contribution in [2.45, 2.75) is 77.5 Å². The normalized spacial score (nSPS) is 27.6. The first kappa shape index (κ1) is 20.6. The van der Waals surface area contributed by atoms with Crippen molar-refractivity contribution < 1.29 is 24.1 Å². The zero-order valence-corrected chi connectivity index (χ0v) is 15.1. The average Bonchev–Trinajstić information content (AvgIpc) is 2.51. The molecular weight excluding hydrogens is 296 g/mol. The fourth-order valence-electron chi connectivity index (χ4n) is 2.55. The van der Waals surface area contributed by atoms with Crippen LogP contribution in [0.1, 0.15) is 53.4 Å². The minimum absolute atomic E-state index is 0.0134. The number of hydrogen-bond acceptors (Lipinski definition) is 5. The van der Waals surface area contributed by atoms with Crippen LogP contribution in [0, 0.1) is 0 Å². The Bertz CT molecular complexity index is 329. The molecule has 1 aliphatic heterocycles. The van der Waals surface area contributed by atoms with Crippen LogP contribution < -0.4 is 0 Å². The minimum atomic E-state index is -0.701. The molecule has 1 saturated heterocycles. The number of aliphatic hydroxyl groups is 1. The van der Waals surface area contributed by atoms with Crippen LogP contribution in [0.15, 0.2) is 12.2 Å². The summed E-state index contributed by atoms with van der Waals surface area (Å²) in [6, 6.07) is 0. The lowest BCUT2D eigenvalue weighted by Gasteiger charge is -2.44. The van der Waals surface area contributed by atoms with E-state index in [1.54, 1.807) is 6.08 Å². The van der Waals surface area contributed by atoms with Crippen LogP contribution in [0.2, 0.25) is 0 Å². The van der Waals surface area contributed by atoms with E-state index in [2.05, 4.69) is 13.8 Å². The van der Waals surface area contributed by atoms with Gasteiger partial charge in [0.25, 0.3) is 0 Å². The van der Waals surface area contributed by atoms with Gasteiger partial charge in [-0.15, -0.1) is 0 Å². The molecule has 5 heteroatoms. The molecule has 0 bridgehead atoms. The molecule has 0 aromatic rings. The zero-order valence-electron chi connectivity index (χ0n) is 15.1. The summed E-state index contributed by atoms with van der Waals surface area (Å²) in [6.45, 7) is 9.95. The van der Waals surface area contributed by atoms with Gasteiger partial charge in [-0.05, 0) is 26.7 Å². The Labute approximate surface area is 140 Å². The Balaban J connectivity index is 2.73. The topological polar surface area (TPSA) is 57.2 Å². The molecule has 0 aromatic heterocycles. The van der Waals surface area contributed by atoms with Crippen molar-refractivity contribution in [3.63, 3.8) is 0 Å². The Morgan fingerprint density at radius 1 is 1.09 bits per heavy atom. The summed E-state index contributed by atoms with van der Waals surface area (Å²) in [5.74, 6) is -0.701. The monoisotopic (exact) mass is 330 g/mol. The summed E-state index contributed by atoms with van der Waals surface area (Å²) in [6.07, 6.45) is 7.13. The maximum Gasteiger partial charge on any atom is 0.164 e. The molecule has 1 fully saturated rings. The lowest BCUT2D eigenvalue weighted by atomic mass is 10.0. The van der Waals surface area contributed by atoms with Crippen LogP contribution in [0.25, 0.3) is 0 Å². The van der Waals surface area contributed by atoms with Gasteiger partial charge in [-0.3, -0.25) is 0 Å². The molecule has 1 N–H and O–H groups in total. The Morgan fingerprint density at radius 3 is 2.43 bits per heavy atom. The molecule has 0 radical (unpaired) electrons. The van der Waals surface area contributed by atoms with Crippen LogP contribution in [0.4, 0.5) is 0 Å². The first-order valence-electron chi connectivity index (χ1n) is 8.86. The van der Waals surface area contributed by atoms with Crippen molar-refractivity contribution in [1.82, 2.24) is 0 Å². The second-order valence-corrected chi connectivity index (χ2v) is 6.37. The smallest absolute Gasteiger partial charge is 0.164 e. The van der Waals surface area contributed by atoms with Crippen LogP contribution in [-0.4, -0.2) is 55.6 Å². The maximum absolute atomic E-state index is 9.05. The standard InChI is InChI=1S/C18H34O5/c1-5-7-12-20-14-16-17(21-13-8-6-2)15(10-9-11-19)22-18(3,4)23-16/h9-10,15-17,19H,5-8,11-14H2,1-4H3/b10-9+/t15-,16+,17+/m0/s1. The highest BCUT2D eigenvalue weighted by Gasteiger charge is 2.43. The minimum Gasteiger partial charge on any atom is -0.392 e. The Kier molecular flexibility index (Phi) is 9.99. The number of rotatable bonds is 11. The van der Waals surface area contributed by atoms with Gasteiger partial charge in [-0.25, -0.2) is 0 Å². The predicted molar refractivity (Wildman–Crippen MR) is 90.4 cm³/mol. The highest BCUT2D eigenvalue weighted by Crippen LogP contribution is 2.30. The summed E-state index contributed by atoms with van der Waals surface area (Å²) in [5.41, 5.74) is 0. The van der Waals surface area contributed by atoms with E-state index in [4.69, 9.17) is 24.1 Å². The number of unbranched alkanes of at least 4 members (excludes halogenated alkanes) is 2. The molecule has 0 amide bonds. The number of aliphatic hydroxyl groups excluding tert-OH is 1. The molecule has 0 aliphatic carbocycles. The van der Waals surface area contributed by atoms with Gasteiger partial charge in [0, 0.05) is 13.2 Å². The van der Waals surface area contributed by atoms with E-state index in [1.165, 1.54) is 0 Å². The maximum atomic E-state index is 9.05. The van der Waals surface area contributed by atoms with Gasteiger partial charge in [0.15, 0.2) is 5.79 Å². The van der Waals surface area contributed by atoms with Gasteiger partial charge in [0.1, 0.15) is 18.3 Å². The lowest BCUT2D eigenvalue weighted by molar-refractivity contribution is -0.334. The summed E-state index contributed by atoms with van der Waals surface area (Å²) >= 11 is 0. The Hall–Kier alpha value is -0.460. The van der Waals surface area contributed by atoms with Crippen molar-refractivity contribution in [3.8, 4) is 0 Å². The largest absolute Gasteiger partial charge is 0.392 e. The van der Waals surface area contributed by atoms with Gasteiger partial charge in [0.05, 0.1) is 13.2 Å². The average molecular weight is 330 g/mol. The van der Waals surface area contributed by atoms with Crippen molar-refractivity contribution in [2.24, 2.45) is 0 Å². The van der Waals surface area contributed by atoms with E-state index >= 15 is 0 Å². The van der Waals surface area contributed by atoms with E-state index in [0.717, 1.165) is 32.3 Å². The quantitative estimate of drug-likeness (QED) is 0.466. The van der Waals surface area contributed by atoms with E-state index in [1.807, 2.05) is 19.9 Å². The number of hydrogen-bond donors (Lipinski definition) is 1. The van der Waals surface area contributed by atoms with E-state index in [0.29, 0.717) is 13.2 Å². The first-order chi connectivity index (χ1) is 11.0.